The first-order valence-electron chi connectivity index (χ1n) is 8.00. The van der Waals surface area contributed by atoms with E-state index in [0.717, 1.165) is 25.6 Å². The van der Waals surface area contributed by atoms with Gasteiger partial charge in [0, 0.05) is 31.7 Å². The normalized spacial score (nSPS) is 19.5. The number of hydrogen-bond acceptors (Lipinski definition) is 3. The number of benzene rings is 1. The van der Waals surface area contributed by atoms with E-state index in [2.05, 4.69) is 30.9 Å². The molecule has 0 bridgehead atoms. The van der Waals surface area contributed by atoms with Gasteiger partial charge in [-0.15, -0.1) is 0 Å². The molecule has 1 N–H and O–H groups in total. The van der Waals surface area contributed by atoms with Crippen LogP contribution in [0, 0.1) is 5.92 Å². The average Bonchev–Trinajstić information content (AvgIpc) is 3.36. The van der Waals surface area contributed by atoms with Gasteiger partial charge in [0.1, 0.15) is 0 Å². The van der Waals surface area contributed by atoms with Gasteiger partial charge in [0.15, 0.2) is 0 Å². The van der Waals surface area contributed by atoms with E-state index in [-0.39, 0.29) is 12.0 Å². The van der Waals surface area contributed by atoms with Crippen molar-refractivity contribution in [3.05, 3.63) is 35.9 Å². The predicted octanol–water partition coefficient (Wildman–Crippen LogP) is 2.68. The summed E-state index contributed by atoms with van der Waals surface area (Å²) in [7, 11) is 1.75. The molecule has 1 fully saturated rings. The molecule has 0 amide bonds. The number of hydrogen-bond donors (Lipinski definition) is 1. The van der Waals surface area contributed by atoms with E-state index in [4.69, 9.17) is 4.74 Å². The molecule has 0 radical (unpaired) electrons. The number of ether oxygens (including phenoxy) is 1. The maximum atomic E-state index is 9.99. The minimum Gasteiger partial charge on any atom is -0.395 e. The van der Waals surface area contributed by atoms with Crippen molar-refractivity contribution in [3.63, 3.8) is 0 Å². The van der Waals surface area contributed by atoms with Crippen LogP contribution in [0.4, 0.5) is 0 Å². The lowest BCUT2D eigenvalue weighted by Crippen LogP contribution is -2.47. The first-order chi connectivity index (χ1) is 10.1. The summed E-state index contributed by atoms with van der Waals surface area (Å²) in [6, 6.07) is 10.9. The number of methoxy groups -OCH3 is 1. The van der Waals surface area contributed by atoms with Gasteiger partial charge in [-0.3, -0.25) is 4.90 Å². The lowest BCUT2D eigenvalue weighted by molar-refractivity contribution is 0.0791. The Morgan fingerprint density at radius 2 is 2.00 bits per heavy atom. The van der Waals surface area contributed by atoms with Crippen molar-refractivity contribution in [2.45, 2.75) is 38.1 Å². The zero-order valence-corrected chi connectivity index (χ0v) is 13.6. The molecule has 1 aliphatic carbocycles. The average molecular weight is 291 g/mol. The lowest BCUT2D eigenvalue weighted by atomic mass is 9.82. The highest BCUT2D eigenvalue weighted by molar-refractivity contribution is 5.25. The molecule has 1 aromatic rings. The highest BCUT2D eigenvalue weighted by atomic mass is 16.5. The molecule has 3 heteroatoms. The number of aliphatic hydroxyl groups excluding tert-OH is 1. The Morgan fingerprint density at radius 3 is 2.52 bits per heavy atom. The van der Waals surface area contributed by atoms with Crippen LogP contribution in [0.1, 0.15) is 32.3 Å². The zero-order valence-electron chi connectivity index (χ0n) is 13.6. The number of aliphatic hydroxyl groups is 1. The van der Waals surface area contributed by atoms with Crippen LogP contribution in [-0.2, 0) is 10.2 Å². The minimum atomic E-state index is -0.224. The van der Waals surface area contributed by atoms with Crippen molar-refractivity contribution in [3.8, 4) is 0 Å². The van der Waals surface area contributed by atoms with Crippen molar-refractivity contribution in [2.75, 3.05) is 33.4 Å². The van der Waals surface area contributed by atoms with Crippen molar-refractivity contribution in [1.82, 2.24) is 4.90 Å². The highest BCUT2D eigenvalue weighted by Crippen LogP contribution is 2.36. The molecular formula is C18H29NO2. The SMILES string of the molecule is COCCN(CC(C)(CO)c1ccccc1)C(C)C1CC1. The first-order valence-corrected chi connectivity index (χ1v) is 8.00. The standard InChI is InChI=1S/C18H29NO2/c1-15(16-9-10-16)19(11-12-21-3)13-18(2,14-20)17-7-5-4-6-8-17/h4-8,15-16,20H,9-14H2,1-3H3. The first kappa shape index (κ1) is 16.5. The Morgan fingerprint density at radius 1 is 1.33 bits per heavy atom. The van der Waals surface area contributed by atoms with Crippen LogP contribution < -0.4 is 0 Å². The smallest absolute Gasteiger partial charge is 0.0589 e. The summed E-state index contributed by atoms with van der Waals surface area (Å²) < 4.78 is 5.27. The second kappa shape index (κ2) is 7.39. The molecule has 0 aliphatic heterocycles. The Kier molecular flexibility index (Phi) is 5.80. The molecule has 1 aromatic carbocycles. The molecule has 0 heterocycles. The zero-order chi connectivity index (χ0) is 15.3. The summed E-state index contributed by atoms with van der Waals surface area (Å²) in [5.74, 6) is 0.820. The fraction of sp³-hybridized carbons (Fsp3) is 0.667. The van der Waals surface area contributed by atoms with Crippen LogP contribution in [0.3, 0.4) is 0 Å². The van der Waals surface area contributed by atoms with E-state index in [1.54, 1.807) is 7.11 Å². The predicted molar refractivity (Wildman–Crippen MR) is 86.5 cm³/mol. The van der Waals surface area contributed by atoms with Gasteiger partial charge in [-0.25, -0.2) is 0 Å². The summed E-state index contributed by atoms with van der Waals surface area (Å²) in [5, 5.41) is 9.99. The molecular weight excluding hydrogens is 262 g/mol. The summed E-state index contributed by atoms with van der Waals surface area (Å²) >= 11 is 0. The van der Waals surface area contributed by atoms with E-state index < -0.39 is 0 Å². The highest BCUT2D eigenvalue weighted by Gasteiger charge is 2.36. The van der Waals surface area contributed by atoms with E-state index in [1.807, 2.05) is 18.2 Å². The summed E-state index contributed by atoms with van der Waals surface area (Å²) in [4.78, 5) is 2.49. The van der Waals surface area contributed by atoms with Crippen molar-refractivity contribution < 1.29 is 9.84 Å². The summed E-state index contributed by atoms with van der Waals surface area (Å²) in [6.07, 6.45) is 2.68. The van der Waals surface area contributed by atoms with Gasteiger partial charge in [0.2, 0.25) is 0 Å². The van der Waals surface area contributed by atoms with E-state index in [9.17, 15) is 5.11 Å². The molecule has 0 aromatic heterocycles. The molecule has 0 spiro atoms. The van der Waals surface area contributed by atoms with E-state index >= 15 is 0 Å². The van der Waals surface area contributed by atoms with Gasteiger partial charge in [-0.2, -0.15) is 0 Å². The Balaban J connectivity index is 2.11. The topological polar surface area (TPSA) is 32.7 Å². The van der Waals surface area contributed by atoms with Gasteiger partial charge in [0.25, 0.3) is 0 Å². The van der Waals surface area contributed by atoms with Crippen molar-refractivity contribution >= 4 is 0 Å². The number of nitrogens with zero attached hydrogens (tertiary/aromatic N) is 1. The number of rotatable bonds is 9. The quantitative estimate of drug-likeness (QED) is 0.759. The fourth-order valence-electron chi connectivity index (χ4n) is 3.03. The molecule has 0 saturated heterocycles. The Hall–Kier alpha value is -0.900. The fourth-order valence-corrected chi connectivity index (χ4v) is 3.03. The molecule has 2 unspecified atom stereocenters. The van der Waals surface area contributed by atoms with Gasteiger partial charge in [-0.1, -0.05) is 37.3 Å². The molecule has 2 atom stereocenters. The monoisotopic (exact) mass is 291 g/mol. The van der Waals surface area contributed by atoms with Crippen molar-refractivity contribution in [1.29, 1.82) is 0 Å². The molecule has 3 nitrogen and oxygen atoms in total. The van der Waals surface area contributed by atoms with Gasteiger partial charge in [-0.05, 0) is 31.2 Å². The molecule has 21 heavy (non-hydrogen) atoms. The summed E-state index contributed by atoms with van der Waals surface area (Å²) in [6.45, 7) is 7.17. The molecule has 1 saturated carbocycles. The van der Waals surface area contributed by atoms with Crippen LogP contribution >= 0.6 is 0 Å². The van der Waals surface area contributed by atoms with E-state index in [0.29, 0.717) is 6.04 Å². The maximum Gasteiger partial charge on any atom is 0.0589 e. The molecule has 1 aliphatic rings. The van der Waals surface area contributed by atoms with Crippen molar-refractivity contribution in [2.24, 2.45) is 5.92 Å². The summed E-state index contributed by atoms with van der Waals surface area (Å²) in [5.41, 5.74) is 0.982. The lowest BCUT2D eigenvalue weighted by Gasteiger charge is -2.38. The second-order valence-electron chi connectivity index (χ2n) is 6.63. The third kappa shape index (κ3) is 4.29. The largest absolute Gasteiger partial charge is 0.395 e. The maximum absolute atomic E-state index is 9.99. The van der Waals surface area contributed by atoms with Crippen LogP contribution in [-0.4, -0.2) is 49.5 Å². The molecule has 2 rings (SSSR count). The Bertz CT molecular complexity index is 418. The second-order valence-corrected chi connectivity index (χ2v) is 6.63. The third-order valence-electron chi connectivity index (χ3n) is 4.83. The van der Waals surface area contributed by atoms with Gasteiger partial charge >= 0.3 is 0 Å². The van der Waals surface area contributed by atoms with Crippen LogP contribution in [0.15, 0.2) is 30.3 Å². The van der Waals surface area contributed by atoms with Crippen LogP contribution in [0.2, 0.25) is 0 Å². The van der Waals surface area contributed by atoms with Crippen LogP contribution in [0.5, 0.6) is 0 Å². The third-order valence-corrected chi connectivity index (χ3v) is 4.83. The van der Waals surface area contributed by atoms with E-state index in [1.165, 1.54) is 18.4 Å². The Labute approximate surface area is 128 Å². The molecule has 118 valence electrons. The van der Waals surface area contributed by atoms with Gasteiger partial charge in [0.05, 0.1) is 13.2 Å². The minimum absolute atomic E-state index is 0.165. The van der Waals surface area contributed by atoms with Gasteiger partial charge < -0.3 is 9.84 Å². The van der Waals surface area contributed by atoms with Crippen LogP contribution in [0.25, 0.3) is 0 Å².